The van der Waals surface area contributed by atoms with Crippen molar-refractivity contribution >= 4 is 32.5 Å². The lowest BCUT2D eigenvalue weighted by Crippen LogP contribution is -2.44. The number of H-pyrrole nitrogens is 1. The number of carbonyl (C=O) groups excluding carboxylic acids is 1. The van der Waals surface area contributed by atoms with Gasteiger partial charge in [0.2, 0.25) is 20.9 Å². The highest BCUT2D eigenvalue weighted by atomic mass is 32.2. The number of aromatic amines is 1. The first-order valence-electron chi connectivity index (χ1n) is 8.56. The molecule has 26 heavy (non-hydrogen) atoms. The Kier molecular flexibility index (Phi) is 4.03. The number of benzene rings is 2. The van der Waals surface area contributed by atoms with Crippen molar-refractivity contribution in [1.29, 1.82) is 0 Å². The van der Waals surface area contributed by atoms with E-state index in [0.717, 1.165) is 24.1 Å². The van der Waals surface area contributed by atoms with Gasteiger partial charge in [-0.05, 0) is 43.5 Å². The Balaban J connectivity index is 1.68. The van der Waals surface area contributed by atoms with Crippen LogP contribution < -0.4 is 4.90 Å². The second-order valence-electron chi connectivity index (χ2n) is 6.47. The van der Waals surface area contributed by atoms with Gasteiger partial charge in [-0.2, -0.15) is 0 Å². The van der Waals surface area contributed by atoms with Crippen molar-refractivity contribution in [3.8, 4) is 0 Å². The number of hydrogen-bond donors (Lipinski definition) is 1. The molecule has 1 aromatic heterocycles. The lowest BCUT2D eigenvalue weighted by atomic mass is 10.0. The Morgan fingerprint density at radius 3 is 2.69 bits per heavy atom. The molecule has 3 aromatic rings. The Bertz CT molecular complexity index is 1060. The molecule has 134 valence electrons. The highest BCUT2D eigenvalue weighted by molar-refractivity contribution is 7.92. The first-order chi connectivity index (χ1) is 12.5. The number of para-hydroxylation sites is 3. The standard InChI is InChI=1S/C19H19N3O3S/c1-13(18(23)22-12-6-8-14-7-2-5-11-17(14)22)26(24,25)19-20-15-9-3-4-10-16(15)21-19/h2-5,7,9-11,13H,6,8,12H2,1H3,(H,20,21). The van der Waals surface area contributed by atoms with Gasteiger partial charge in [0.25, 0.3) is 0 Å². The van der Waals surface area contributed by atoms with Gasteiger partial charge in [0.1, 0.15) is 5.25 Å². The van der Waals surface area contributed by atoms with Crippen LogP contribution in [0.25, 0.3) is 11.0 Å². The Morgan fingerprint density at radius 2 is 1.88 bits per heavy atom. The summed E-state index contributed by atoms with van der Waals surface area (Å²) < 4.78 is 25.9. The molecular weight excluding hydrogens is 350 g/mol. The second kappa shape index (κ2) is 6.25. The fraction of sp³-hybridized carbons (Fsp3) is 0.263. The molecule has 1 aliphatic heterocycles. The Labute approximate surface area is 151 Å². The SMILES string of the molecule is CC(C(=O)N1CCCc2ccccc21)S(=O)(=O)c1nc2ccccc2[nH]1. The maximum Gasteiger partial charge on any atom is 0.245 e. The number of aromatic nitrogens is 2. The lowest BCUT2D eigenvalue weighted by molar-refractivity contribution is -0.118. The van der Waals surface area contributed by atoms with Crippen LogP contribution in [0.1, 0.15) is 18.9 Å². The summed E-state index contributed by atoms with van der Waals surface area (Å²) in [6.07, 6.45) is 1.71. The zero-order valence-corrected chi connectivity index (χ0v) is 15.2. The number of aryl methyl sites for hydroxylation is 1. The third kappa shape index (κ3) is 2.68. The van der Waals surface area contributed by atoms with Crippen molar-refractivity contribution in [2.24, 2.45) is 0 Å². The van der Waals surface area contributed by atoms with Crippen LogP contribution >= 0.6 is 0 Å². The monoisotopic (exact) mass is 369 g/mol. The molecule has 2 heterocycles. The zero-order valence-electron chi connectivity index (χ0n) is 14.3. The van der Waals surface area contributed by atoms with Gasteiger partial charge in [-0.1, -0.05) is 30.3 Å². The third-order valence-electron chi connectivity index (χ3n) is 4.83. The lowest BCUT2D eigenvalue weighted by Gasteiger charge is -2.31. The number of anilines is 1. The van der Waals surface area contributed by atoms with Gasteiger partial charge in [0.15, 0.2) is 0 Å². The molecule has 0 fully saturated rings. The van der Waals surface area contributed by atoms with Gasteiger partial charge in [0, 0.05) is 12.2 Å². The van der Waals surface area contributed by atoms with E-state index in [2.05, 4.69) is 9.97 Å². The highest BCUT2D eigenvalue weighted by Gasteiger charge is 2.36. The summed E-state index contributed by atoms with van der Waals surface area (Å²) >= 11 is 0. The average molecular weight is 369 g/mol. The first-order valence-corrected chi connectivity index (χ1v) is 10.1. The van der Waals surface area contributed by atoms with E-state index in [4.69, 9.17) is 0 Å². The van der Waals surface area contributed by atoms with Crippen LogP contribution in [-0.4, -0.2) is 36.1 Å². The van der Waals surface area contributed by atoms with Gasteiger partial charge in [-0.15, -0.1) is 0 Å². The largest absolute Gasteiger partial charge is 0.329 e. The topological polar surface area (TPSA) is 83.1 Å². The molecule has 0 saturated heterocycles. The molecule has 1 unspecified atom stereocenters. The van der Waals surface area contributed by atoms with E-state index in [1.165, 1.54) is 6.92 Å². The van der Waals surface area contributed by atoms with Crippen LogP contribution in [0.2, 0.25) is 0 Å². The molecule has 0 radical (unpaired) electrons. The van der Waals surface area contributed by atoms with Crippen molar-refractivity contribution in [1.82, 2.24) is 9.97 Å². The van der Waals surface area contributed by atoms with Gasteiger partial charge < -0.3 is 9.88 Å². The minimum absolute atomic E-state index is 0.162. The summed E-state index contributed by atoms with van der Waals surface area (Å²) in [5, 5.41) is -1.38. The minimum Gasteiger partial charge on any atom is -0.329 e. The molecule has 2 aromatic carbocycles. The van der Waals surface area contributed by atoms with Crippen molar-refractivity contribution in [2.75, 3.05) is 11.4 Å². The summed E-state index contributed by atoms with van der Waals surface area (Å²) in [5.41, 5.74) is 3.07. The van der Waals surface area contributed by atoms with Crippen LogP contribution in [0.5, 0.6) is 0 Å². The van der Waals surface area contributed by atoms with Gasteiger partial charge in [-0.3, -0.25) is 4.79 Å². The molecule has 1 atom stereocenters. The van der Waals surface area contributed by atoms with E-state index in [1.54, 1.807) is 29.2 Å². The molecule has 0 spiro atoms. The number of carbonyl (C=O) groups is 1. The number of nitrogens with one attached hydrogen (secondary N) is 1. The molecule has 4 rings (SSSR count). The van der Waals surface area contributed by atoms with Crippen molar-refractivity contribution in [3.05, 3.63) is 54.1 Å². The van der Waals surface area contributed by atoms with Crippen molar-refractivity contribution in [2.45, 2.75) is 30.2 Å². The molecule has 7 heteroatoms. The van der Waals surface area contributed by atoms with E-state index in [0.29, 0.717) is 17.6 Å². The van der Waals surface area contributed by atoms with Gasteiger partial charge >= 0.3 is 0 Å². The number of amides is 1. The third-order valence-corrected chi connectivity index (χ3v) is 6.69. The zero-order chi connectivity index (χ0) is 18.3. The maximum absolute atomic E-state index is 13.0. The number of fused-ring (bicyclic) bond motifs is 2. The predicted octanol–water partition coefficient (Wildman–Crippen LogP) is 2.70. The Morgan fingerprint density at radius 1 is 1.15 bits per heavy atom. The molecule has 1 aliphatic rings. The fourth-order valence-electron chi connectivity index (χ4n) is 3.35. The van der Waals surface area contributed by atoms with Gasteiger partial charge in [-0.25, -0.2) is 13.4 Å². The number of sulfone groups is 1. The van der Waals surface area contributed by atoms with Crippen molar-refractivity contribution < 1.29 is 13.2 Å². The van der Waals surface area contributed by atoms with Crippen LogP contribution in [0, 0.1) is 0 Å². The minimum atomic E-state index is -3.91. The van der Waals surface area contributed by atoms with Crippen LogP contribution in [0.4, 0.5) is 5.69 Å². The van der Waals surface area contributed by atoms with Crippen molar-refractivity contribution in [3.63, 3.8) is 0 Å². The molecule has 1 amide bonds. The first kappa shape index (κ1) is 16.8. The Hall–Kier alpha value is -2.67. The van der Waals surface area contributed by atoms with Gasteiger partial charge in [0.05, 0.1) is 11.0 Å². The van der Waals surface area contributed by atoms with Crippen LogP contribution in [0.15, 0.2) is 53.7 Å². The van der Waals surface area contributed by atoms with Crippen LogP contribution in [0.3, 0.4) is 0 Å². The number of imidazole rings is 1. The molecule has 1 N–H and O–H groups in total. The summed E-state index contributed by atoms with van der Waals surface area (Å²) in [5.74, 6) is -0.419. The summed E-state index contributed by atoms with van der Waals surface area (Å²) in [7, 11) is -3.91. The quantitative estimate of drug-likeness (QED) is 0.769. The molecule has 6 nitrogen and oxygen atoms in total. The predicted molar refractivity (Wildman–Crippen MR) is 99.9 cm³/mol. The van der Waals surface area contributed by atoms with E-state index >= 15 is 0 Å². The second-order valence-corrected chi connectivity index (χ2v) is 8.65. The summed E-state index contributed by atoms with van der Waals surface area (Å²) in [4.78, 5) is 21.6. The smallest absolute Gasteiger partial charge is 0.245 e. The maximum atomic E-state index is 13.0. The van der Waals surface area contributed by atoms with E-state index in [-0.39, 0.29) is 5.16 Å². The number of rotatable bonds is 3. The molecule has 0 aliphatic carbocycles. The molecule has 0 bridgehead atoms. The summed E-state index contributed by atoms with van der Waals surface area (Å²) in [6, 6.07) is 14.7. The van der Waals surface area contributed by atoms with E-state index in [9.17, 15) is 13.2 Å². The van der Waals surface area contributed by atoms with E-state index in [1.807, 2.05) is 24.3 Å². The molecular formula is C19H19N3O3S. The fourth-order valence-corrected chi connectivity index (χ4v) is 4.55. The number of nitrogens with zero attached hydrogens (tertiary/aromatic N) is 2. The van der Waals surface area contributed by atoms with Crippen LogP contribution in [-0.2, 0) is 21.1 Å². The summed E-state index contributed by atoms with van der Waals surface area (Å²) in [6.45, 7) is 1.96. The normalized spacial score (nSPS) is 15.7. The molecule has 0 saturated carbocycles. The average Bonchev–Trinajstić information content (AvgIpc) is 3.11. The number of hydrogen-bond acceptors (Lipinski definition) is 4. The van der Waals surface area contributed by atoms with E-state index < -0.39 is 21.0 Å². The highest BCUT2D eigenvalue weighted by Crippen LogP contribution is 2.29.